The average Bonchev–Trinajstić information content (AvgIpc) is 2.81. The molecule has 0 aliphatic rings. The van der Waals surface area contributed by atoms with E-state index in [4.69, 9.17) is 9.84 Å². The first-order valence-electron chi connectivity index (χ1n) is 6.85. The van der Waals surface area contributed by atoms with E-state index in [9.17, 15) is 4.79 Å². The summed E-state index contributed by atoms with van der Waals surface area (Å²) in [7, 11) is 0. The molecule has 2 aromatic rings. The highest BCUT2D eigenvalue weighted by molar-refractivity contribution is 7.17. The van der Waals surface area contributed by atoms with Crippen LogP contribution < -0.4 is 0 Å². The fourth-order valence-corrected chi connectivity index (χ4v) is 2.78. The minimum absolute atomic E-state index is 0.300. The minimum atomic E-state index is -0.921. The van der Waals surface area contributed by atoms with Crippen molar-refractivity contribution in [1.82, 2.24) is 4.98 Å². The van der Waals surface area contributed by atoms with Gasteiger partial charge in [-0.05, 0) is 18.4 Å². The van der Waals surface area contributed by atoms with E-state index in [1.807, 2.05) is 24.3 Å². The van der Waals surface area contributed by atoms with E-state index in [1.165, 1.54) is 11.3 Å². The van der Waals surface area contributed by atoms with Crippen molar-refractivity contribution < 1.29 is 14.6 Å². The van der Waals surface area contributed by atoms with E-state index in [1.54, 1.807) is 6.92 Å². The number of aryl methyl sites for hydroxylation is 1. The number of hydrogen-bond acceptors (Lipinski definition) is 4. The van der Waals surface area contributed by atoms with Crippen LogP contribution in [0.25, 0.3) is 10.6 Å². The summed E-state index contributed by atoms with van der Waals surface area (Å²) in [5.74, 6) is -0.396. The molecular weight excluding hydrogens is 286 g/mol. The summed E-state index contributed by atoms with van der Waals surface area (Å²) in [4.78, 5) is 15.7. The van der Waals surface area contributed by atoms with Crippen molar-refractivity contribution in [3.63, 3.8) is 0 Å². The highest BCUT2D eigenvalue weighted by Gasteiger charge is 2.14. The van der Waals surface area contributed by atoms with Gasteiger partial charge in [0.15, 0.2) is 0 Å². The third kappa shape index (κ3) is 4.12. The van der Waals surface area contributed by atoms with Crippen molar-refractivity contribution in [2.45, 2.75) is 27.4 Å². The van der Waals surface area contributed by atoms with Crippen LogP contribution in [0, 0.1) is 12.8 Å². The predicted octanol–water partition coefficient (Wildman–Crippen LogP) is 3.99. The second kappa shape index (κ2) is 6.83. The van der Waals surface area contributed by atoms with E-state index in [2.05, 4.69) is 18.8 Å². The first kappa shape index (κ1) is 15.7. The number of aromatic carboxylic acids is 1. The number of benzene rings is 1. The number of nitrogens with zero attached hydrogens (tertiary/aromatic N) is 1. The van der Waals surface area contributed by atoms with Gasteiger partial charge in [0, 0.05) is 12.2 Å². The molecule has 21 heavy (non-hydrogen) atoms. The standard InChI is InChI=1S/C16H19NO3S/c1-10(2)8-20-9-12-4-6-13(7-5-12)15-17-11(3)14(21-15)16(18)19/h4-7,10H,8-9H2,1-3H3,(H,18,19). The zero-order chi connectivity index (χ0) is 15.4. The molecule has 0 atom stereocenters. The summed E-state index contributed by atoms with van der Waals surface area (Å²) < 4.78 is 5.59. The van der Waals surface area contributed by atoms with Gasteiger partial charge in [0.2, 0.25) is 0 Å². The zero-order valence-electron chi connectivity index (χ0n) is 12.4. The van der Waals surface area contributed by atoms with Gasteiger partial charge in [-0.1, -0.05) is 38.1 Å². The summed E-state index contributed by atoms with van der Waals surface area (Å²) in [5.41, 5.74) is 2.60. The van der Waals surface area contributed by atoms with Crippen LogP contribution in [0.1, 0.15) is 34.8 Å². The SMILES string of the molecule is Cc1nc(-c2ccc(COCC(C)C)cc2)sc1C(=O)O. The Morgan fingerprint density at radius 3 is 2.52 bits per heavy atom. The molecular formula is C16H19NO3S. The Hall–Kier alpha value is -1.72. The lowest BCUT2D eigenvalue weighted by Crippen LogP contribution is -2.01. The second-order valence-corrected chi connectivity index (χ2v) is 6.34. The van der Waals surface area contributed by atoms with Crippen molar-refractivity contribution in [2.24, 2.45) is 5.92 Å². The van der Waals surface area contributed by atoms with E-state index in [-0.39, 0.29) is 0 Å². The van der Waals surface area contributed by atoms with Gasteiger partial charge in [0.05, 0.1) is 12.3 Å². The number of carboxylic acid groups (broad SMARTS) is 1. The maximum Gasteiger partial charge on any atom is 0.347 e. The Kier molecular flexibility index (Phi) is 5.09. The third-order valence-corrected chi connectivity index (χ3v) is 4.11. The number of carboxylic acids is 1. The van der Waals surface area contributed by atoms with Gasteiger partial charge in [-0.15, -0.1) is 11.3 Å². The summed E-state index contributed by atoms with van der Waals surface area (Å²) in [6, 6.07) is 7.90. The first-order chi connectivity index (χ1) is 9.97. The molecule has 1 heterocycles. The molecule has 0 fully saturated rings. The lowest BCUT2D eigenvalue weighted by Gasteiger charge is -2.07. The highest BCUT2D eigenvalue weighted by atomic mass is 32.1. The molecule has 5 heteroatoms. The Bertz CT molecular complexity index is 617. The summed E-state index contributed by atoms with van der Waals surface area (Å²) in [6.45, 7) is 7.30. The third-order valence-electron chi connectivity index (χ3n) is 2.91. The van der Waals surface area contributed by atoms with Crippen LogP contribution in [0.4, 0.5) is 0 Å². The van der Waals surface area contributed by atoms with Crippen LogP contribution in [0.5, 0.6) is 0 Å². The molecule has 0 saturated carbocycles. The Labute approximate surface area is 128 Å². The Morgan fingerprint density at radius 2 is 2.00 bits per heavy atom. The molecule has 2 rings (SSSR count). The lowest BCUT2D eigenvalue weighted by atomic mass is 10.1. The van der Waals surface area contributed by atoms with Crippen LogP contribution >= 0.6 is 11.3 Å². The maximum atomic E-state index is 11.0. The number of aromatic nitrogens is 1. The molecule has 0 unspecified atom stereocenters. The molecule has 1 aromatic heterocycles. The van der Waals surface area contributed by atoms with Crippen molar-refractivity contribution in [1.29, 1.82) is 0 Å². The number of hydrogen-bond donors (Lipinski definition) is 1. The van der Waals surface area contributed by atoms with Crippen molar-refractivity contribution in [2.75, 3.05) is 6.61 Å². The fraction of sp³-hybridized carbons (Fsp3) is 0.375. The molecule has 0 radical (unpaired) electrons. The van der Waals surface area contributed by atoms with E-state index < -0.39 is 5.97 Å². The van der Waals surface area contributed by atoms with Crippen LogP contribution in [-0.4, -0.2) is 22.7 Å². The molecule has 0 spiro atoms. The fourth-order valence-electron chi connectivity index (χ4n) is 1.87. The molecule has 0 amide bonds. The normalized spacial score (nSPS) is 11.0. The molecule has 0 saturated heterocycles. The first-order valence-corrected chi connectivity index (χ1v) is 7.66. The topological polar surface area (TPSA) is 59.4 Å². The molecule has 1 N–H and O–H groups in total. The number of carbonyl (C=O) groups is 1. The minimum Gasteiger partial charge on any atom is -0.477 e. The quantitative estimate of drug-likeness (QED) is 0.876. The van der Waals surface area contributed by atoms with Gasteiger partial charge in [-0.25, -0.2) is 9.78 Å². The molecule has 0 bridgehead atoms. The summed E-state index contributed by atoms with van der Waals surface area (Å²) in [5, 5.41) is 9.80. The van der Waals surface area contributed by atoms with Gasteiger partial charge < -0.3 is 9.84 Å². The number of rotatable bonds is 6. The monoisotopic (exact) mass is 305 g/mol. The van der Waals surface area contributed by atoms with Crippen LogP contribution in [0.15, 0.2) is 24.3 Å². The van der Waals surface area contributed by atoms with Gasteiger partial charge >= 0.3 is 5.97 Å². The van der Waals surface area contributed by atoms with Crippen molar-refractivity contribution >= 4 is 17.3 Å². The largest absolute Gasteiger partial charge is 0.477 e. The lowest BCUT2D eigenvalue weighted by molar-refractivity contribution is 0.0701. The van der Waals surface area contributed by atoms with E-state index in [0.717, 1.165) is 22.7 Å². The molecule has 0 aliphatic carbocycles. The molecule has 1 aromatic carbocycles. The smallest absolute Gasteiger partial charge is 0.347 e. The van der Waals surface area contributed by atoms with Crippen LogP contribution in [0.2, 0.25) is 0 Å². The van der Waals surface area contributed by atoms with E-state index >= 15 is 0 Å². The average molecular weight is 305 g/mol. The molecule has 112 valence electrons. The number of ether oxygens (including phenoxy) is 1. The van der Waals surface area contributed by atoms with Gasteiger partial charge in [0.1, 0.15) is 9.88 Å². The van der Waals surface area contributed by atoms with Crippen molar-refractivity contribution in [3.05, 3.63) is 40.4 Å². The Balaban J connectivity index is 2.08. The Morgan fingerprint density at radius 1 is 1.33 bits per heavy atom. The zero-order valence-corrected chi connectivity index (χ0v) is 13.2. The summed E-state index contributed by atoms with van der Waals surface area (Å²) in [6.07, 6.45) is 0. The van der Waals surface area contributed by atoms with Gasteiger partial charge in [-0.2, -0.15) is 0 Å². The molecule has 4 nitrogen and oxygen atoms in total. The van der Waals surface area contributed by atoms with Crippen LogP contribution in [0.3, 0.4) is 0 Å². The van der Waals surface area contributed by atoms with E-state index in [0.29, 0.717) is 23.1 Å². The highest BCUT2D eigenvalue weighted by Crippen LogP contribution is 2.28. The van der Waals surface area contributed by atoms with Gasteiger partial charge in [-0.3, -0.25) is 0 Å². The summed E-state index contributed by atoms with van der Waals surface area (Å²) >= 11 is 1.21. The molecule has 0 aliphatic heterocycles. The maximum absolute atomic E-state index is 11.0. The van der Waals surface area contributed by atoms with Gasteiger partial charge in [0.25, 0.3) is 0 Å². The van der Waals surface area contributed by atoms with Crippen LogP contribution in [-0.2, 0) is 11.3 Å². The predicted molar refractivity (Wildman–Crippen MR) is 83.7 cm³/mol. The van der Waals surface area contributed by atoms with Crippen molar-refractivity contribution in [3.8, 4) is 10.6 Å². The second-order valence-electron chi connectivity index (χ2n) is 5.34. The number of thiazole rings is 1.